The lowest BCUT2D eigenvalue weighted by atomic mass is 10.0. The minimum atomic E-state index is -4.51. The predicted molar refractivity (Wildman–Crippen MR) is 56.7 cm³/mol. The lowest BCUT2D eigenvalue weighted by molar-refractivity contribution is -0.137. The third kappa shape index (κ3) is 3.92. The van der Waals surface area contributed by atoms with Crippen LogP contribution in [-0.2, 0) is 6.18 Å². The minimum absolute atomic E-state index is 0.0279. The second-order valence-electron chi connectivity index (χ2n) is 3.47. The van der Waals surface area contributed by atoms with Gasteiger partial charge in [-0.3, -0.25) is 0 Å². The molecule has 0 aliphatic carbocycles. The molecule has 1 aromatic carbocycles. The maximum atomic E-state index is 12.4. The molecule has 1 nitrogen and oxygen atoms in total. The molecule has 1 aromatic rings. The molecular weight excluding hydrogens is 309 g/mol. The van der Waals surface area contributed by atoms with E-state index in [2.05, 4.69) is 15.9 Å². The number of benzene rings is 1. The highest BCUT2D eigenvalue weighted by Crippen LogP contribution is 2.34. The zero-order valence-electron chi connectivity index (χ0n) is 8.44. The summed E-state index contributed by atoms with van der Waals surface area (Å²) in [6.07, 6.45) is -7.86. The normalized spacial score (nSPS) is 14.1. The van der Waals surface area contributed by atoms with Crippen LogP contribution in [0.3, 0.4) is 0 Å². The van der Waals surface area contributed by atoms with E-state index < -0.39 is 30.6 Å². The van der Waals surface area contributed by atoms with Crippen LogP contribution in [-0.4, -0.2) is 6.43 Å². The van der Waals surface area contributed by atoms with Crippen molar-refractivity contribution in [2.45, 2.75) is 25.1 Å². The monoisotopic (exact) mass is 317 g/mol. The van der Waals surface area contributed by atoms with Crippen LogP contribution >= 0.6 is 15.9 Å². The van der Waals surface area contributed by atoms with E-state index >= 15 is 0 Å². The second-order valence-corrected chi connectivity index (χ2v) is 4.32. The lowest BCUT2D eigenvalue weighted by Gasteiger charge is -2.16. The van der Waals surface area contributed by atoms with Gasteiger partial charge < -0.3 is 5.73 Å². The van der Waals surface area contributed by atoms with Crippen LogP contribution < -0.4 is 5.73 Å². The summed E-state index contributed by atoms with van der Waals surface area (Å²) in [7, 11) is 0. The Balaban J connectivity index is 3.06. The van der Waals surface area contributed by atoms with Crippen molar-refractivity contribution in [3.05, 3.63) is 33.8 Å². The highest BCUT2D eigenvalue weighted by Gasteiger charge is 2.31. The molecule has 2 N–H and O–H groups in total. The molecular formula is C10H9BrF5N. The summed E-state index contributed by atoms with van der Waals surface area (Å²) in [4.78, 5) is 0. The van der Waals surface area contributed by atoms with Gasteiger partial charge >= 0.3 is 6.18 Å². The molecule has 0 bridgehead atoms. The van der Waals surface area contributed by atoms with Gasteiger partial charge in [0.15, 0.2) is 0 Å². The van der Waals surface area contributed by atoms with Crippen LogP contribution in [0.15, 0.2) is 22.7 Å². The molecule has 1 atom stereocenters. The number of hydrogen-bond donors (Lipinski definition) is 1. The van der Waals surface area contributed by atoms with Crippen molar-refractivity contribution in [2.24, 2.45) is 5.73 Å². The molecule has 0 aliphatic heterocycles. The molecule has 0 aromatic heterocycles. The van der Waals surface area contributed by atoms with Gasteiger partial charge in [-0.05, 0) is 23.8 Å². The quantitative estimate of drug-likeness (QED) is 0.834. The van der Waals surface area contributed by atoms with Gasteiger partial charge in [0.2, 0.25) is 6.43 Å². The van der Waals surface area contributed by atoms with Gasteiger partial charge in [-0.2, -0.15) is 13.2 Å². The third-order valence-corrected chi connectivity index (χ3v) is 2.88. The molecule has 0 saturated carbocycles. The van der Waals surface area contributed by atoms with Gasteiger partial charge in [-0.25, -0.2) is 8.78 Å². The van der Waals surface area contributed by atoms with E-state index in [1.807, 2.05) is 0 Å². The zero-order valence-corrected chi connectivity index (χ0v) is 10.0. The molecule has 0 heterocycles. The van der Waals surface area contributed by atoms with Crippen molar-refractivity contribution in [1.29, 1.82) is 0 Å². The smallest absolute Gasteiger partial charge is 0.324 e. The van der Waals surface area contributed by atoms with E-state index in [1.54, 1.807) is 0 Å². The summed E-state index contributed by atoms with van der Waals surface area (Å²) in [5.41, 5.74) is 4.56. The molecule has 0 saturated heterocycles. The van der Waals surface area contributed by atoms with Gasteiger partial charge in [0.1, 0.15) is 0 Å². The topological polar surface area (TPSA) is 26.0 Å². The maximum Gasteiger partial charge on any atom is 0.416 e. The highest BCUT2D eigenvalue weighted by molar-refractivity contribution is 9.10. The fraction of sp³-hybridized carbons (Fsp3) is 0.400. The van der Waals surface area contributed by atoms with Gasteiger partial charge in [-0.15, -0.1) is 0 Å². The van der Waals surface area contributed by atoms with Crippen LogP contribution in [0, 0.1) is 0 Å². The van der Waals surface area contributed by atoms with Crippen molar-refractivity contribution in [3.63, 3.8) is 0 Å². The Morgan fingerprint density at radius 2 is 1.82 bits per heavy atom. The van der Waals surface area contributed by atoms with Crippen molar-refractivity contribution in [2.75, 3.05) is 0 Å². The first-order valence-corrected chi connectivity index (χ1v) is 5.41. The van der Waals surface area contributed by atoms with Crippen molar-refractivity contribution < 1.29 is 22.0 Å². The molecule has 0 aliphatic rings. The van der Waals surface area contributed by atoms with Crippen LogP contribution in [0.2, 0.25) is 0 Å². The second kappa shape index (κ2) is 5.30. The highest BCUT2D eigenvalue weighted by atomic mass is 79.9. The molecule has 1 rings (SSSR count). The average molecular weight is 318 g/mol. The van der Waals surface area contributed by atoms with Crippen LogP contribution in [0.4, 0.5) is 22.0 Å². The standard InChI is InChI=1S/C10H9BrF5N/c11-7-2-1-5(10(14,15)16)3-6(7)8(17)4-9(12)13/h1-3,8-9H,4,17H2/t8-/m0/s1. The zero-order chi connectivity index (χ0) is 13.2. The van der Waals surface area contributed by atoms with Gasteiger partial charge in [0.05, 0.1) is 5.56 Å². The van der Waals surface area contributed by atoms with E-state index in [-0.39, 0.29) is 5.56 Å². The summed E-state index contributed by atoms with van der Waals surface area (Å²) >= 11 is 3.00. The first-order valence-electron chi connectivity index (χ1n) is 4.62. The Hall–Kier alpha value is -0.690. The number of alkyl halides is 5. The molecule has 0 unspecified atom stereocenters. The van der Waals surface area contributed by atoms with Crippen LogP contribution in [0.1, 0.15) is 23.6 Å². The molecule has 17 heavy (non-hydrogen) atoms. The summed E-state index contributed by atoms with van der Waals surface area (Å²) < 4.78 is 61.8. The summed E-state index contributed by atoms with van der Waals surface area (Å²) in [5, 5.41) is 0. The largest absolute Gasteiger partial charge is 0.416 e. The van der Waals surface area contributed by atoms with E-state index in [0.717, 1.165) is 18.2 Å². The van der Waals surface area contributed by atoms with Gasteiger partial charge in [0.25, 0.3) is 0 Å². The van der Waals surface area contributed by atoms with Gasteiger partial charge in [0, 0.05) is 16.9 Å². The SMILES string of the molecule is N[C@@H](CC(F)F)c1cc(C(F)(F)F)ccc1Br. The maximum absolute atomic E-state index is 12.4. The van der Waals surface area contributed by atoms with Crippen LogP contribution in [0.5, 0.6) is 0 Å². The number of nitrogens with two attached hydrogens (primary N) is 1. The first kappa shape index (κ1) is 14.4. The first-order chi connectivity index (χ1) is 7.71. The summed E-state index contributed by atoms with van der Waals surface area (Å²) in [6, 6.07) is 1.68. The fourth-order valence-electron chi connectivity index (χ4n) is 1.32. The van der Waals surface area contributed by atoms with Crippen LogP contribution in [0.25, 0.3) is 0 Å². The Morgan fingerprint density at radius 1 is 1.24 bits per heavy atom. The molecule has 96 valence electrons. The Kier molecular flexibility index (Phi) is 4.48. The lowest BCUT2D eigenvalue weighted by Crippen LogP contribution is -2.16. The Bertz CT molecular complexity index is 391. The van der Waals surface area contributed by atoms with E-state index in [0.29, 0.717) is 4.47 Å². The predicted octanol–water partition coefficient (Wildman–Crippen LogP) is 4.12. The van der Waals surface area contributed by atoms with E-state index in [9.17, 15) is 22.0 Å². The number of rotatable bonds is 3. The fourth-order valence-corrected chi connectivity index (χ4v) is 1.86. The minimum Gasteiger partial charge on any atom is -0.324 e. The van der Waals surface area contributed by atoms with Crippen molar-refractivity contribution >= 4 is 15.9 Å². The van der Waals surface area contributed by atoms with Crippen molar-refractivity contribution in [3.8, 4) is 0 Å². The van der Waals surface area contributed by atoms with Gasteiger partial charge in [-0.1, -0.05) is 15.9 Å². The summed E-state index contributed by atoms with van der Waals surface area (Å²) in [5.74, 6) is 0. The molecule has 0 fully saturated rings. The Labute approximate surface area is 103 Å². The molecule has 0 spiro atoms. The average Bonchev–Trinajstić information content (AvgIpc) is 2.15. The Morgan fingerprint density at radius 3 is 2.29 bits per heavy atom. The van der Waals surface area contributed by atoms with Crippen molar-refractivity contribution in [1.82, 2.24) is 0 Å². The number of hydrogen-bond acceptors (Lipinski definition) is 1. The molecule has 7 heteroatoms. The molecule has 0 amide bonds. The van der Waals surface area contributed by atoms with E-state index in [4.69, 9.17) is 5.73 Å². The summed E-state index contributed by atoms with van der Waals surface area (Å²) in [6.45, 7) is 0. The molecule has 0 radical (unpaired) electrons. The third-order valence-electron chi connectivity index (χ3n) is 2.15. The number of halogens is 6. The van der Waals surface area contributed by atoms with E-state index in [1.165, 1.54) is 0 Å².